The second-order valence-electron chi connectivity index (χ2n) is 3.79. The Morgan fingerprint density at radius 3 is 1.73 bits per heavy atom. The summed E-state index contributed by atoms with van der Waals surface area (Å²) in [5.41, 5.74) is 0. The van der Waals surface area contributed by atoms with Gasteiger partial charge in [-0.05, 0) is 0 Å². The Kier molecular flexibility index (Phi) is 6.84. The molecule has 0 aliphatic rings. The number of rotatable bonds is 9. The number of esters is 2. The molecule has 0 radical (unpaired) electrons. The highest BCUT2D eigenvalue weighted by Gasteiger charge is 2.09. The van der Waals surface area contributed by atoms with Gasteiger partial charge in [0, 0.05) is 36.3 Å². The Morgan fingerprint density at radius 1 is 0.909 bits per heavy atom. The summed E-state index contributed by atoms with van der Waals surface area (Å²) in [6.07, 6.45) is 6.10. The highest BCUT2D eigenvalue weighted by Crippen LogP contribution is 2.20. The van der Waals surface area contributed by atoms with Gasteiger partial charge in [0.25, 0.3) is 0 Å². The van der Waals surface area contributed by atoms with Crippen molar-refractivity contribution in [2.45, 2.75) is 0 Å². The first-order chi connectivity index (χ1) is 10.8. The molecule has 0 aliphatic carbocycles. The lowest BCUT2D eigenvalue weighted by molar-refractivity contribution is 0.0508. The normalized spacial score (nSPS) is 10.4. The summed E-state index contributed by atoms with van der Waals surface area (Å²) < 4.78 is 10.0. The monoisotopic (exact) mass is 342 g/mol. The van der Waals surface area contributed by atoms with Crippen LogP contribution in [0.3, 0.4) is 0 Å². The molecule has 0 saturated carbocycles. The van der Waals surface area contributed by atoms with Crippen molar-refractivity contribution < 1.29 is 19.1 Å². The van der Waals surface area contributed by atoms with Crippen LogP contribution in [0.2, 0.25) is 0 Å². The minimum atomic E-state index is -0.469. The minimum Gasteiger partial charge on any atom is -0.459 e. The number of hydrogen-bond acceptors (Lipinski definition) is 8. The van der Waals surface area contributed by atoms with Crippen LogP contribution in [0.4, 0.5) is 0 Å². The lowest BCUT2D eigenvalue weighted by atomic mass is 10.6. The molecule has 0 saturated heterocycles. The number of carbonyl (C=O) groups is 2. The van der Waals surface area contributed by atoms with Gasteiger partial charge in [-0.2, -0.15) is 0 Å². The molecule has 0 fully saturated rings. The Hall–Kier alpha value is -1.94. The fourth-order valence-corrected chi connectivity index (χ4v) is 3.00. The number of nitrogens with one attached hydrogen (secondary N) is 2. The molecule has 2 aromatic heterocycles. The van der Waals surface area contributed by atoms with Gasteiger partial charge in [-0.3, -0.25) is 0 Å². The maximum absolute atomic E-state index is 11.4. The summed E-state index contributed by atoms with van der Waals surface area (Å²) in [4.78, 5) is 35.8. The Morgan fingerprint density at radius 2 is 1.36 bits per heavy atom. The molecule has 0 bridgehead atoms. The largest absolute Gasteiger partial charge is 0.459 e. The molecule has 8 nitrogen and oxygen atoms in total. The van der Waals surface area contributed by atoms with E-state index in [2.05, 4.69) is 19.9 Å². The van der Waals surface area contributed by atoms with Crippen LogP contribution in [-0.2, 0) is 9.47 Å². The van der Waals surface area contributed by atoms with E-state index in [-0.39, 0.29) is 11.6 Å². The summed E-state index contributed by atoms with van der Waals surface area (Å²) in [7, 11) is 3.07. The van der Waals surface area contributed by atoms with E-state index in [1.54, 1.807) is 12.4 Å². The summed E-state index contributed by atoms with van der Waals surface area (Å²) >= 11 is 0. The van der Waals surface area contributed by atoms with Crippen LogP contribution in [0.1, 0.15) is 21.2 Å². The summed E-state index contributed by atoms with van der Waals surface area (Å²) in [6.45, 7) is 0.590. The number of imidazole rings is 2. The van der Waals surface area contributed by atoms with Crippen molar-refractivity contribution in [2.24, 2.45) is 0 Å². The number of aromatic nitrogens is 4. The van der Waals surface area contributed by atoms with Crippen LogP contribution in [0.5, 0.6) is 0 Å². The second-order valence-corrected chi connectivity index (χ2v) is 6.49. The van der Waals surface area contributed by atoms with Crippen molar-refractivity contribution in [3.8, 4) is 0 Å². The van der Waals surface area contributed by atoms with Gasteiger partial charge in [0.15, 0.2) is 0 Å². The van der Waals surface area contributed by atoms with Gasteiger partial charge in [0.2, 0.25) is 11.6 Å². The maximum atomic E-state index is 11.4. The number of ether oxygens (including phenoxy) is 2. The number of carbonyl (C=O) groups excluding carboxylic acids is 2. The lowest BCUT2D eigenvalue weighted by Gasteiger charge is -2.04. The highest BCUT2D eigenvalue weighted by molar-refractivity contribution is 8.76. The van der Waals surface area contributed by atoms with Crippen LogP contribution in [0, 0.1) is 0 Å². The van der Waals surface area contributed by atoms with Crippen molar-refractivity contribution in [3.63, 3.8) is 0 Å². The first kappa shape index (κ1) is 16.4. The van der Waals surface area contributed by atoms with Crippen molar-refractivity contribution in [1.29, 1.82) is 0 Å². The van der Waals surface area contributed by atoms with Gasteiger partial charge >= 0.3 is 11.9 Å². The van der Waals surface area contributed by atoms with Crippen molar-refractivity contribution >= 4 is 33.5 Å². The third-order valence-electron chi connectivity index (χ3n) is 2.27. The molecule has 2 aromatic rings. The standard InChI is InChI=1S/C12H14N4O4S2/c17-11(9-13-1-2-14-9)19-5-7-21-22-8-6-20-12(18)10-15-3-4-16-10/h1-4H,5-8H2,(H,13,14)(H,15,16). The van der Waals surface area contributed by atoms with Crippen LogP contribution in [-0.4, -0.2) is 56.6 Å². The van der Waals surface area contributed by atoms with Crippen molar-refractivity contribution in [3.05, 3.63) is 36.4 Å². The molecule has 10 heteroatoms. The molecule has 0 aromatic carbocycles. The first-order valence-electron chi connectivity index (χ1n) is 6.35. The van der Waals surface area contributed by atoms with Gasteiger partial charge in [-0.15, -0.1) is 0 Å². The topological polar surface area (TPSA) is 110 Å². The quantitative estimate of drug-likeness (QED) is 0.401. The zero-order valence-electron chi connectivity index (χ0n) is 11.5. The lowest BCUT2D eigenvalue weighted by Crippen LogP contribution is -2.10. The van der Waals surface area contributed by atoms with Crippen LogP contribution >= 0.6 is 21.6 Å². The van der Waals surface area contributed by atoms with Crippen molar-refractivity contribution in [2.75, 3.05) is 24.7 Å². The zero-order valence-corrected chi connectivity index (χ0v) is 13.1. The average Bonchev–Trinajstić information content (AvgIpc) is 3.22. The van der Waals surface area contributed by atoms with Crippen LogP contribution in [0.15, 0.2) is 24.8 Å². The first-order valence-corrected chi connectivity index (χ1v) is 8.83. The molecule has 2 N–H and O–H groups in total. The van der Waals surface area contributed by atoms with Gasteiger partial charge < -0.3 is 19.4 Å². The van der Waals surface area contributed by atoms with Crippen LogP contribution in [0.25, 0.3) is 0 Å². The third kappa shape index (κ3) is 5.45. The van der Waals surface area contributed by atoms with E-state index in [1.165, 1.54) is 34.0 Å². The number of aromatic amines is 2. The van der Waals surface area contributed by atoms with Crippen LogP contribution < -0.4 is 0 Å². The highest BCUT2D eigenvalue weighted by atomic mass is 33.1. The van der Waals surface area contributed by atoms with Gasteiger partial charge in [-0.25, -0.2) is 19.6 Å². The van der Waals surface area contributed by atoms with Crippen molar-refractivity contribution in [1.82, 2.24) is 19.9 Å². The SMILES string of the molecule is O=C(OCCSSCCOC(=O)c1ncc[nH]1)c1ncc[nH]1. The number of hydrogen-bond donors (Lipinski definition) is 2. The molecule has 0 aliphatic heterocycles. The van der Waals surface area contributed by atoms with E-state index in [0.717, 1.165) is 0 Å². The summed E-state index contributed by atoms with van der Waals surface area (Å²) in [5.74, 6) is 0.739. The Bertz CT molecular complexity index is 522. The van der Waals surface area contributed by atoms with Gasteiger partial charge in [0.1, 0.15) is 13.2 Å². The number of H-pyrrole nitrogens is 2. The van der Waals surface area contributed by atoms with E-state index >= 15 is 0 Å². The molecule has 0 unspecified atom stereocenters. The fraction of sp³-hybridized carbons (Fsp3) is 0.333. The molecule has 118 valence electrons. The van der Waals surface area contributed by atoms with E-state index in [0.29, 0.717) is 24.7 Å². The molecular formula is C12H14N4O4S2. The molecular weight excluding hydrogens is 328 g/mol. The Balaban J connectivity index is 1.45. The van der Waals surface area contributed by atoms with Gasteiger partial charge in [0.05, 0.1) is 0 Å². The minimum absolute atomic E-state index is 0.197. The second kappa shape index (κ2) is 9.15. The van der Waals surface area contributed by atoms with E-state index in [1.807, 2.05) is 0 Å². The van der Waals surface area contributed by atoms with E-state index < -0.39 is 11.9 Å². The molecule has 0 amide bonds. The van der Waals surface area contributed by atoms with Gasteiger partial charge in [-0.1, -0.05) is 21.6 Å². The summed E-state index contributed by atoms with van der Waals surface area (Å²) in [6, 6.07) is 0. The third-order valence-corrected chi connectivity index (χ3v) is 4.60. The number of nitrogens with zero attached hydrogens (tertiary/aromatic N) is 2. The zero-order chi connectivity index (χ0) is 15.6. The molecule has 22 heavy (non-hydrogen) atoms. The molecule has 0 atom stereocenters. The van der Waals surface area contributed by atoms with E-state index in [9.17, 15) is 9.59 Å². The fourth-order valence-electron chi connectivity index (χ4n) is 1.35. The Labute approximate surface area is 134 Å². The predicted octanol–water partition coefficient (Wildman–Crippen LogP) is 1.53. The van der Waals surface area contributed by atoms with E-state index in [4.69, 9.17) is 9.47 Å². The molecule has 2 rings (SSSR count). The maximum Gasteiger partial charge on any atom is 0.374 e. The molecule has 2 heterocycles. The average molecular weight is 342 g/mol. The predicted molar refractivity (Wildman–Crippen MR) is 82.7 cm³/mol. The smallest absolute Gasteiger partial charge is 0.374 e. The molecule has 0 spiro atoms. The summed E-state index contributed by atoms with van der Waals surface area (Å²) in [5, 5.41) is 0.